The number of hydrogen-bond donors (Lipinski definition) is 1. The van der Waals surface area contributed by atoms with Crippen LogP contribution in [0.1, 0.15) is 25.5 Å². The van der Waals surface area contributed by atoms with Crippen molar-refractivity contribution in [1.29, 1.82) is 0 Å². The zero-order chi connectivity index (χ0) is 10.4. The third-order valence-electron chi connectivity index (χ3n) is 2.51. The first-order chi connectivity index (χ1) is 6.75. The molecule has 0 spiro atoms. The number of furan rings is 1. The van der Waals surface area contributed by atoms with E-state index in [-0.39, 0.29) is 0 Å². The SMILES string of the molecule is COCCNC(C)C(C)c1ccco1. The van der Waals surface area contributed by atoms with Crippen LogP contribution in [0, 0.1) is 0 Å². The van der Waals surface area contributed by atoms with Crippen LogP contribution in [0.3, 0.4) is 0 Å². The molecule has 0 aromatic carbocycles. The van der Waals surface area contributed by atoms with E-state index >= 15 is 0 Å². The number of ether oxygens (including phenoxy) is 1. The summed E-state index contributed by atoms with van der Waals surface area (Å²) in [7, 11) is 1.71. The lowest BCUT2D eigenvalue weighted by Crippen LogP contribution is -2.33. The highest BCUT2D eigenvalue weighted by molar-refractivity contribution is 5.06. The van der Waals surface area contributed by atoms with Gasteiger partial charge in [0.05, 0.1) is 12.9 Å². The first-order valence-corrected chi connectivity index (χ1v) is 5.01. The molecule has 0 fully saturated rings. The van der Waals surface area contributed by atoms with Gasteiger partial charge in [0.2, 0.25) is 0 Å². The Morgan fingerprint density at radius 1 is 1.50 bits per heavy atom. The minimum Gasteiger partial charge on any atom is -0.469 e. The molecular weight excluding hydrogens is 178 g/mol. The lowest BCUT2D eigenvalue weighted by molar-refractivity contribution is 0.194. The van der Waals surface area contributed by atoms with E-state index < -0.39 is 0 Å². The highest BCUT2D eigenvalue weighted by atomic mass is 16.5. The van der Waals surface area contributed by atoms with Gasteiger partial charge in [0.1, 0.15) is 5.76 Å². The number of hydrogen-bond acceptors (Lipinski definition) is 3. The Hall–Kier alpha value is -0.800. The molecule has 2 atom stereocenters. The minimum absolute atomic E-state index is 0.391. The van der Waals surface area contributed by atoms with E-state index in [1.165, 1.54) is 0 Å². The van der Waals surface area contributed by atoms with Crippen molar-refractivity contribution in [1.82, 2.24) is 5.32 Å². The van der Waals surface area contributed by atoms with Crippen molar-refractivity contribution in [3.05, 3.63) is 24.2 Å². The Morgan fingerprint density at radius 2 is 2.29 bits per heavy atom. The van der Waals surface area contributed by atoms with Crippen LogP contribution in [0.5, 0.6) is 0 Å². The highest BCUT2D eigenvalue weighted by Crippen LogP contribution is 2.18. The van der Waals surface area contributed by atoms with Gasteiger partial charge in [0, 0.05) is 25.6 Å². The molecule has 0 saturated heterocycles. The first-order valence-electron chi connectivity index (χ1n) is 5.01. The minimum atomic E-state index is 0.391. The average molecular weight is 197 g/mol. The summed E-state index contributed by atoms with van der Waals surface area (Å²) in [4.78, 5) is 0. The fourth-order valence-corrected chi connectivity index (χ4v) is 1.36. The molecule has 1 heterocycles. The van der Waals surface area contributed by atoms with Crippen molar-refractivity contribution < 1.29 is 9.15 Å². The smallest absolute Gasteiger partial charge is 0.108 e. The lowest BCUT2D eigenvalue weighted by atomic mass is 10.0. The molecule has 3 heteroatoms. The van der Waals surface area contributed by atoms with Gasteiger partial charge in [-0.05, 0) is 19.1 Å². The van der Waals surface area contributed by atoms with Crippen molar-refractivity contribution in [3.8, 4) is 0 Å². The summed E-state index contributed by atoms with van der Waals surface area (Å²) in [6.07, 6.45) is 1.72. The van der Waals surface area contributed by atoms with Crippen LogP contribution in [0.15, 0.2) is 22.8 Å². The van der Waals surface area contributed by atoms with E-state index in [1.54, 1.807) is 13.4 Å². The van der Waals surface area contributed by atoms with Gasteiger partial charge < -0.3 is 14.5 Å². The van der Waals surface area contributed by atoms with Gasteiger partial charge in [-0.3, -0.25) is 0 Å². The molecule has 0 aliphatic heterocycles. The molecule has 0 saturated carbocycles. The largest absolute Gasteiger partial charge is 0.469 e. The molecule has 1 rings (SSSR count). The summed E-state index contributed by atoms with van der Waals surface area (Å²) in [5.74, 6) is 1.42. The standard InChI is InChI=1S/C11H19NO2/c1-9(11-5-4-7-14-11)10(2)12-6-8-13-3/h4-5,7,9-10,12H,6,8H2,1-3H3. The molecule has 1 aromatic rings. The Bertz CT molecular complexity index is 233. The van der Waals surface area contributed by atoms with Crippen LogP contribution in [-0.2, 0) is 4.74 Å². The lowest BCUT2D eigenvalue weighted by Gasteiger charge is -2.19. The van der Waals surface area contributed by atoms with Crippen LogP contribution in [0.25, 0.3) is 0 Å². The molecule has 1 N–H and O–H groups in total. The fourth-order valence-electron chi connectivity index (χ4n) is 1.36. The van der Waals surface area contributed by atoms with Gasteiger partial charge in [-0.25, -0.2) is 0 Å². The van der Waals surface area contributed by atoms with Crippen LogP contribution >= 0.6 is 0 Å². The summed E-state index contributed by atoms with van der Waals surface area (Å²) in [6, 6.07) is 4.34. The molecule has 0 aliphatic rings. The second kappa shape index (κ2) is 5.83. The molecule has 1 aromatic heterocycles. The second-order valence-electron chi connectivity index (χ2n) is 3.54. The van der Waals surface area contributed by atoms with Gasteiger partial charge >= 0.3 is 0 Å². The predicted molar refractivity (Wildman–Crippen MR) is 56.5 cm³/mol. The van der Waals surface area contributed by atoms with Crippen LogP contribution in [-0.4, -0.2) is 26.3 Å². The summed E-state index contributed by atoms with van der Waals surface area (Å²) in [5, 5.41) is 3.39. The molecule has 80 valence electrons. The first kappa shape index (κ1) is 11.3. The van der Waals surface area contributed by atoms with E-state index in [9.17, 15) is 0 Å². The summed E-state index contributed by atoms with van der Waals surface area (Å²) in [6.45, 7) is 5.93. The van der Waals surface area contributed by atoms with Crippen molar-refractivity contribution in [2.45, 2.75) is 25.8 Å². The fraction of sp³-hybridized carbons (Fsp3) is 0.636. The molecule has 2 unspecified atom stereocenters. The monoisotopic (exact) mass is 197 g/mol. The third kappa shape index (κ3) is 3.16. The molecular formula is C11H19NO2. The van der Waals surface area contributed by atoms with Crippen molar-refractivity contribution >= 4 is 0 Å². The van der Waals surface area contributed by atoms with E-state index in [0.29, 0.717) is 12.0 Å². The van der Waals surface area contributed by atoms with Gasteiger partial charge in [-0.1, -0.05) is 6.92 Å². The molecule has 0 amide bonds. The van der Waals surface area contributed by atoms with Gasteiger partial charge in [-0.15, -0.1) is 0 Å². The summed E-state index contributed by atoms with van der Waals surface area (Å²) >= 11 is 0. The maximum absolute atomic E-state index is 5.35. The van der Waals surface area contributed by atoms with E-state index in [4.69, 9.17) is 9.15 Å². The highest BCUT2D eigenvalue weighted by Gasteiger charge is 2.15. The van der Waals surface area contributed by atoms with E-state index in [2.05, 4.69) is 19.2 Å². The maximum atomic E-state index is 5.35. The van der Waals surface area contributed by atoms with Crippen LogP contribution in [0.2, 0.25) is 0 Å². The maximum Gasteiger partial charge on any atom is 0.108 e. The molecule has 3 nitrogen and oxygen atoms in total. The third-order valence-corrected chi connectivity index (χ3v) is 2.51. The molecule has 0 bridgehead atoms. The predicted octanol–water partition coefficient (Wildman–Crippen LogP) is 2.01. The number of rotatable bonds is 6. The Kier molecular flexibility index (Phi) is 4.70. The topological polar surface area (TPSA) is 34.4 Å². The van der Waals surface area contributed by atoms with Gasteiger partial charge in [0.15, 0.2) is 0 Å². The van der Waals surface area contributed by atoms with E-state index in [0.717, 1.165) is 18.9 Å². The number of methoxy groups -OCH3 is 1. The van der Waals surface area contributed by atoms with Crippen molar-refractivity contribution in [3.63, 3.8) is 0 Å². The second-order valence-corrected chi connectivity index (χ2v) is 3.54. The van der Waals surface area contributed by atoms with Crippen molar-refractivity contribution in [2.75, 3.05) is 20.3 Å². The zero-order valence-electron chi connectivity index (χ0n) is 9.12. The summed E-state index contributed by atoms with van der Waals surface area (Å²) < 4.78 is 10.3. The molecule has 0 radical (unpaired) electrons. The Labute approximate surface area is 85.4 Å². The van der Waals surface area contributed by atoms with Crippen LogP contribution in [0.4, 0.5) is 0 Å². The normalized spacial score (nSPS) is 15.4. The summed E-state index contributed by atoms with van der Waals surface area (Å²) in [5.41, 5.74) is 0. The Morgan fingerprint density at radius 3 is 2.86 bits per heavy atom. The van der Waals surface area contributed by atoms with Crippen molar-refractivity contribution in [2.24, 2.45) is 0 Å². The number of nitrogens with one attached hydrogen (secondary N) is 1. The zero-order valence-corrected chi connectivity index (χ0v) is 9.12. The molecule has 0 aliphatic carbocycles. The molecule has 14 heavy (non-hydrogen) atoms. The van der Waals surface area contributed by atoms with Crippen LogP contribution < -0.4 is 5.32 Å². The Balaban J connectivity index is 2.33. The van der Waals surface area contributed by atoms with Gasteiger partial charge in [0.25, 0.3) is 0 Å². The average Bonchev–Trinajstić information content (AvgIpc) is 2.69. The quantitative estimate of drug-likeness (QED) is 0.708. The van der Waals surface area contributed by atoms with E-state index in [1.807, 2.05) is 12.1 Å². The van der Waals surface area contributed by atoms with Gasteiger partial charge in [-0.2, -0.15) is 0 Å².